The first-order valence-corrected chi connectivity index (χ1v) is 20.7. The van der Waals surface area contributed by atoms with E-state index >= 15 is 4.39 Å². The number of aliphatic hydroxyl groups excluding tert-OH is 6. The van der Waals surface area contributed by atoms with Crippen molar-refractivity contribution in [2.45, 2.75) is 198 Å². The van der Waals surface area contributed by atoms with Gasteiger partial charge in [0.05, 0.1) is 31.2 Å². The normalized spacial score (nSPS) is 22.6. The van der Waals surface area contributed by atoms with Crippen LogP contribution in [0.5, 0.6) is 0 Å². The molecule has 53 heavy (non-hydrogen) atoms. The predicted molar refractivity (Wildman–Crippen MR) is 202 cm³/mol. The van der Waals surface area contributed by atoms with Gasteiger partial charge < -0.3 is 40.1 Å². The highest BCUT2D eigenvalue weighted by Gasteiger charge is 2.44. The van der Waals surface area contributed by atoms with Gasteiger partial charge in [0.15, 0.2) is 17.9 Å². The van der Waals surface area contributed by atoms with Gasteiger partial charge in [0.1, 0.15) is 24.4 Å². The molecule has 1 saturated heterocycles. The summed E-state index contributed by atoms with van der Waals surface area (Å²) < 4.78 is 52.7. The average Bonchev–Trinajstić information content (AvgIpc) is 3.15. The van der Waals surface area contributed by atoms with E-state index in [4.69, 9.17) is 9.47 Å². The van der Waals surface area contributed by atoms with Crippen LogP contribution >= 0.6 is 0 Å². The van der Waals surface area contributed by atoms with E-state index in [0.29, 0.717) is 19.3 Å². The van der Waals surface area contributed by atoms with Gasteiger partial charge in [0.2, 0.25) is 0 Å². The van der Waals surface area contributed by atoms with Crippen molar-refractivity contribution in [3.63, 3.8) is 0 Å². The van der Waals surface area contributed by atoms with E-state index < -0.39 is 72.9 Å². The van der Waals surface area contributed by atoms with Crippen molar-refractivity contribution in [1.82, 2.24) is 0 Å². The number of aliphatic hydroxyl groups is 6. The van der Waals surface area contributed by atoms with Gasteiger partial charge in [0.25, 0.3) is 0 Å². The zero-order valence-corrected chi connectivity index (χ0v) is 32.2. The molecule has 1 aromatic carbocycles. The van der Waals surface area contributed by atoms with E-state index in [9.17, 15) is 39.4 Å². The first-order valence-electron chi connectivity index (χ1n) is 20.7. The summed E-state index contributed by atoms with van der Waals surface area (Å²) in [6.07, 6.45) is 14.0. The van der Waals surface area contributed by atoms with Crippen LogP contribution in [0.4, 0.5) is 13.2 Å². The minimum Gasteiger partial charge on any atom is -0.394 e. The summed E-state index contributed by atoms with van der Waals surface area (Å²) in [6.45, 7) is 1.27. The Hall–Kier alpha value is -1.57. The molecule has 8 atom stereocenters. The van der Waals surface area contributed by atoms with Crippen LogP contribution in [0.3, 0.4) is 0 Å². The van der Waals surface area contributed by atoms with Crippen molar-refractivity contribution in [2.24, 2.45) is 5.92 Å². The molecule has 0 aliphatic carbocycles. The number of hydrogen-bond donors (Lipinski definition) is 6. The number of unbranched alkanes of at least 4 members (excludes halogenated alkanes) is 18. The van der Waals surface area contributed by atoms with E-state index in [1.165, 1.54) is 63.5 Å². The molecule has 11 heteroatoms. The highest BCUT2D eigenvalue weighted by Crippen LogP contribution is 2.26. The van der Waals surface area contributed by atoms with E-state index in [0.717, 1.165) is 82.3 Å². The summed E-state index contributed by atoms with van der Waals surface area (Å²) in [7, 11) is 0. The molecule has 1 aromatic rings. The monoisotopic (exact) mass is 761 g/mol. The molecular formula is C42H71F3O8. The van der Waals surface area contributed by atoms with Gasteiger partial charge in [-0.05, 0) is 55.9 Å². The topological polar surface area (TPSA) is 140 Å². The second kappa shape index (κ2) is 28.8. The molecule has 0 spiro atoms. The SMILES string of the molecule is CCCCCCCCCCCCCC[C@@H](O)[C@@H](O)[C@@H](/C=C(/F)CCCCCCCCCCc1ccc(F)c(F)c1)COC1OC(CO)C(O)C(O)C1O. The van der Waals surface area contributed by atoms with Gasteiger partial charge in [-0.1, -0.05) is 129 Å². The van der Waals surface area contributed by atoms with Gasteiger partial charge in [-0.25, -0.2) is 13.2 Å². The summed E-state index contributed by atoms with van der Waals surface area (Å²) in [5, 5.41) is 62.1. The lowest BCUT2D eigenvalue weighted by Gasteiger charge is -2.40. The third-order valence-corrected chi connectivity index (χ3v) is 10.5. The van der Waals surface area contributed by atoms with E-state index in [-0.39, 0.29) is 13.0 Å². The maximum Gasteiger partial charge on any atom is 0.186 e. The molecule has 0 bridgehead atoms. The molecule has 1 fully saturated rings. The Labute approximate surface area is 316 Å². The maximum atomic E-state index is 15.2. The number of rotatable bonds is 31. The molecule has 1 aliphatic rings. The number of allylic oxidation sites excluding steroid dienone is 1. The van der Waals surface area contributed by atoms with Gasteiger partial charge in [0, 0.05) is 5.92 Å². The minimum absolute atomic E-state index is 0.159. The summed E-state index contributed by atoms with van der Waals surface area (Å²) in [4.78, 5) is 0. The fourth-order valence-electron chi connectivity index (χ4n) is 7.00. The largest absolute Gasteiger partial charge is 0.394 e. The summed E-state index contributed by atoms with van der Waals surface area (Å²) >= 11 is 0. The molecule has 8 nitrogen and oxygen atoms in total. The Bertz CT molecular complexity index is 1090. The first-order chi connectivity index (χ1) is 25.6. The van der Waals surface area contributed by atoms with Gasteiger partial charge in [-0.3, -0.25) is 0 Å². The summed E-state index contributed by atoms with van der Waals surface area (Å²) in [6, 6.07) is 4.03. The minimum atomic E-state index is -1.63. The zero-order valence-electron chi connectivity index (χ0n) is 32.2. The van der Waals surface area contributed by atoms with Crippen LogP contribution in [0.1, 0.15) is 154 Å². The Morgan fingerprint density at radius 1 is 0.736 bits per heavy atom. The molecule has 308 valence electrons. The van der Waals surface area contributed by atoms with Crippen molar-refractivity contribution in [3.8, 4) is 0 Å². The lowest BCUT2D eigenvalue weighted by molar-refractivity contribution is -0.303. The van der Waals surface area contributed by atoms with Crippen LogP contribution in [0, 0.1) is 17.6 Å². The Morgan fingerprint density at radius 3 is 1.85 bits per heavy atom. The van der Waals surface area contributed by atoms with Crippen molar-refractivity contribution < 1.29 is 53.3 Å². The molecule has 2 rings (SSSR count). The highest BCUT2D eigenvalue weighted by atomic mass is 19.2. The second-order valence-electron chi connectivity index (χ2n) is 15.1. The van der Waals surface area contributed by atoms with Crippen LogP contribution in [0.15, 0.2) is 30.1 Å². The second-order valence-corrected chi connectivity index (χ2v) is 15.1. The van der Waals surface area contributed by atoms with Gasteiger partial charge in [-0.15, -0.1) is 0 Å². The molecule has 0 radical (unpaired) electrons. The smallest absolute Gasteiger partial charge is 0.186 e. The van der Waals surface area contributed by atoms with Crippen LogP contribution in [-0.4, -0.2) is 86.8 Å². The molecule has 1 heterocycles. The first kappa shape index (κ1) is 47.6. The Morgan fingerprint density at radius 2 is 1.28 bits per heavy atom. The molecule has 0 amide bonds. The Balaban J connectivity index is 1.76. The van der Waals surface area contributed by atoms with E-state index in [2.05, 4.69) is 6.92 Å². The highest BCUT2D eigenvalue weighted by molar-refractivity contribution is 5.17. The lowest BCUT2D eigenvalue weighted by atomic mass is 9.93. The molecule has 5 unspecified atom stereocenters. The number of ether oxygens (including phenoxy) is 2. The number of benzene rings is 1. The lowest BCUT2D eigenvalue weighted by Crippen LogP contribution is -2.59. The van der Waals surface area contributed by atoms with Crippen LogP contribution in [-0.2, 0) is 15.9 Å². The van der Waals surface area contributed by atoms with Crippen molar-refractivity contribution in [2.75, 3.05) is 13.2 Å². The third kappa shape index (κ3) is 19.7. The molecule has 0 aromatic heterocycles. The molecular weight excluding hydrogens is 689 g/mol. The predicted octanol–water partition coefficient (Wildman–Crippen LogP) is 8.12. The number of halogens is 3. The van der Waals surface area contributed by atoms with Crippen LogP contribution in [0.2, 0.25) is 0 Å². The average molecular weight is 761 g/mol. The summed E-state index contributed by atoms with van der Waals surface area (Å²) in [5.74, 6) is -3.06. The van der Waals surface area contributed by atoms with E-state index in [1.807, 2.05) is 0 Å². The summed E-state index contributed by atoms with van der Waals surface area (Å²) in [5.41, 5.74) is 0.795. The molecule has 0 saturated carbocycles. The maximum absolute atomic E-state index is 15.2. The quantitative estimate of drug-likeness (QED) is 0.0418. The van der Waals surface area contributed by atoms with Gasteiger partial charge >= 0.3 is 0 Å². The zero-order chi connectivity index (χ0) is 38.8. The third-order valence-electron chi connectivity index (χ3n) is 10.5. The van der Waals surface area contributed by atoms with Crippen molar-refractivity contribution in [3.05, 3.63) is 47.3 Å². The standard InChI is InChI=1S/C42H71F3O8/c1-2-3-4-5-6-7-8-9-10-15-18-21-24-36(47)38(48)32(30-52-42-41(51)40(50)39(49)37(29-46)53-42)28-33(43)23-20-17-14-12-11-13-16-19-22-31-25-26-34(44)35(45)27-31/h25-28,32,36-42,46-51H,2-24,29-30H2,1H3/b33-28+/t32-,36+,37?,38-,39?,40?,41?,42?/m0/s1. The van der Waals surface area contributed by atoms with Crippen LogP contribution < -0.4 is 0 Å². The number of hydrogen-bond acceptors (Lipinski definition) is 8. The molecule has 6 N–H and O–H groups in total. The number of aryl methyl sites for hydroxylation is 1. The van der Waals surface area contributed by atoms with E-state index in [1.54, 1.807) is 6.07 Å². The van der Waals surface area contributed by atoms with Crippen LogP contribution in [0.25, 0.3) is 0 Å². The fraction of sp³-hybridized carbons (Fsp3) is 0.810. The molecule has 1 aliphatic heterocycles. The van der Waals surface area contributed by atoms with Crippen molar-refractivity contribution in [1.29, 1.82) is 0 Å². The Kier molecular flexibility index (Phi) is 25.8. The fourth-order valence-corrected chi connectivity index (χ4v) is 7.00. The van der Waals surface area contributed by atoms with Crippen molar-refractivity contribution >= 4 is 0 Å². The van der Waals surface area contributed by atoms with Gasteiger partial charge in [-0.2, -0.15) is 0 Å².